The van der Waals surface area contributed by atoms with Crippen LogP contribution in [0.5, 0.6) is 0 Å². The van der Waals surface area contributed by atoms with Crippen LogP contribution in [0.2, 0.25) is 0 Å². The predicted molar refractivity (Wildman–Crippen MR) is 72.8 cm³/mol. The van der Waals surface area contributed by atoms with Gasteiger partial charge in [-0.1, -0.05) is 34.8 Å². The average molecular weight is 282 g/mol. The molecule has 0 unspecified atom stereocenters. The van der Waals surface area contributed by atoms with E-state index in [1.165, 1.54) is 46.8 Å². The molecule has 16 heavy (non-hydrogen) atoms. The first-order valence-electron chi connectivity index (χ1n) is 6.07. The Morgan fingerprint density at radius 1 is 1.25 bits per heavy atom. The largest absolute Gasteiger partial charge is 0.330 e. The smallest absolute Gasteiger partial charge is 0.0216 e. The molecule has 0 heterocycles. The second-order valence-electron chi connectivity index (χ2n) is 5.06. The minimum atomic E-state index is 0.231. The Balaban J connectivity index is 2.57. The van der Waals surface area contributed by atoms with Gasteiger partial charge in [-0.2, -0.15) is 0 Å². The average Bonchev–Trinajstić information content (AvgIpc) is 2.74. The lowest BCUT2D eigenvalue weighted by Crippen LogP contribution is -2.33. The van der Waals surface area contributed by atoms with Crippen molar-refractivity contribution in [2.45, 2.75) is 44.9 Å². The molecule has 1 saturated carbocycles. The second-order valence-corrected chi connectivity index (χ2v) is 5.91. The van der Waals surface area contributed by atoms with Gasteiger partial charge in [0, 0.05) is 16.4 Å². The first-order chi connectivity index (χ1) is 7.60. The summed E-state index contributed by atoms with van der Waals surface area (Å²) in [6.45, 7) is 5.19. The summed E-state index contributed by atoms with van der Waals surface area (Å²) >= 11 is 3.71. The van der Waals surface area contributed by atoms with Gasteiger partial charge in [0.1, 0.15) is 0 Å². The third-order valence-electron chi connectivity index (χ3n) is 4.17. The summed E-state index contributed by atoms with van der Waals surface area (Å²) in [5.74, 6) is 0. The van der Waals surface area contributed by atoms with Crippen molar-refractivity contribution in [3.63, 3.8) is 0 Å². The molecule has 1 aliphatic rings. The van der Waals surface area contributed by atoms with Crippen LogP contribution in [0.1, 0.15) is 42.4 Å². The Bertz CT molecular complexity index is 392. The molecule has 0 bridgehead atoms. The van der Waals surface area contributed by atoms with Crippen LogP contribution in [-0.2, 0) is 5.41 Å². The third-order valence-corrected chi connectivity index (χ3v) is 4.83. The summed E-state index contributed by atoms with van der Waals surface area (Å²) < 4.78 is 1.24. The first kappa shape index (κ1) is 12.1. The zero-order chi connectivity index (χ0) is 11.8. The minimum Gasteiger partial charge on any atom is -0.330 e. The fourth-order valence-electron chi connectivity index (χ4n) is 3.04. The van der Waals surface area contributed by atoms with E-state index in [1.807, 2.05) is 0 Å². The quantitative estimate of drug-likeness (QED) is 0.876. The van der Waals surface area contributed by atoms with Gasteiger partial charge >= 0.3 is 0 Å². The highest BCUT2D eigenvalue weighted by Crippen LogP contribution is 2.45. The SMILES string of the molecule is Cc1ccc(Br)c(C2(CN)CCCC2)c1C. The summed E-state index contributed by atoms with van der Waals surface area (Å²) in [5, 5.41) is 0. The fourth-order valence-corrected chi connectivity index (χ4v) is 3.89. The molecule has 0 radical (unpaired) electrons. The number of nitrogens with two attached hydrogens (primary N) is 1. The van der Waals surface area contributed by atoms with Crippen LogP contribution in [0.15, 0.2) is 16.6 Å². The molecular weight excluding hydrogens is 262 g/mol. The molecule has 2 heteroatoms. The molecule has 1 fully saturated rings. The van der Waals surface area contributed by atoms with E-state index < -0.39 is 0 Å². The molecule has 0 atom stereocenters. The van der Waals surface area contributed by atoms with Gasteiger partial charge in [0.25, 0.3) is 0 Å². The molecule has 0 saturated heterocycles. The summed E-state index contributed by atoms with van der Waals surface area (Å²) in [6, 6.07) is 4.36. The molecule has 0 amide bonds. The van der Waals surface area contributed by atoms with Crippen LogP contribution in [0, 0.1) is 13.8 Å². The van der Waals surface area contributed by atoms with Gasteiger partial charge in [0.2, 0.25) is 0 Å². The Hall–Kier alpha value is -0.340. The standard InChI is InChI=1S/C14H20BrN/c1-10-5-6-12(15)13(11(10)2)14(9-16)7-3-4-8-14/h5-6H,3-4,7-9,16H2,1-2H3. The number of halogens is 1. The molecular formula is C14H20BrN. The second kappa shape index (κ2) is 4.50. The summed E-state index contributed by atoms with van der Waals surface area (Å²) in [6.07, 6.45) is 5.12. The number of rotatable bonds is 2. The third kappa shape index (κ3) is 1.82. The lowest BCUT2D eigenvalue weighted by molar-refractivity contribution is 0.448. The van der Waals surface area contributed by atoms with Crippen molar-refractivity contribution in [2.75, 3.05) is 6.54 Å². The topological polar surface area (TPSA) is 26.0 Å². The summed E-state index contributed by atoms with van der Waals surface area (Å²) in [4.78, 5) is 0. The van der Waals surface area contributed by atoms with E-state index in [0.29, 0.717) is 0 Å². The van der Waals surface area contributed by atoms with E-state index in [1.54, 1.807) is 0 Å². The van der Waals surface area contributed by atoms with Crippen LogP contribution in [0.25, 0.3) is 0 Å². The molecule has 1 aromatic rings. The van der Waals surface area contributed by atoms with Crippen molar-refractivity contribution in [3.8, 4) is 0 Å². The molecule has 0 aromatic heterocycles. The Labute approximate surface area is 107 Å². The maximum atomic E-state index is 6.07. The normalized spacial score (nSPS) is 19.0. The van der Waals surface area contributed by atoms with E-state index in [2.05, 4.69) is 41.9 Å². The zero-order valence-electron chi connectivity index (χ0n) is 10.1. The maximum absolute atomic E-state index is 6.07. The highest BCUT2D eigenvalue weighted by atomic mass is 79.9. The van der Waals surface area contributed by atoms with Gasteiger partial charge in [-0.15, -0.1) is 0 Å². The molecule has 2 rings (SSSR count). The lowest BCUT2D eigenvalue weighted by Gasteiger charge is -2.31. The molecule has 1 aliphatic carbocycles. The highest BCUT2D eigenvalue weighted by Gasteiger charge is 2.36. The number of hydrogen-bond donors (Lipinski definition) is 1. The predicted octanol–water partition coefficient (Wildman–Crippen LogP) is 3.84. The summed E-state index contributed by atoms with van der Waals surface area (Å²) in [7, 11) is 0. The van der Waals surface area contributed by atoms with Gasteiger partial charge in [0.05, 0.1) is 0 Å². The van der Waals surface area contributed by atoms with Gasteiger partial charge in [-0.05, 0) is 49.4 Å². The van der Waals surface area contributed by atoms with E-state index in [9.17, 15) is 0 Å². The highest BCUT2D eigenvalue weighted by molar-refractivity contribution is 9.10. The molecule has 1 nitrogen and oxygen atoms in total. The Kier molecular flexibility index (Phi) is 3.41. The molecule has 88 valence electrons. The Morgan fingerprint density at radius 2 is 1.88 bits per heavy atom. The van der Waals surface area contributed by atoms with Crippen LogP contribution >= 0.6 is 15.9 Å². The Morgan fingerprint density at radius 3 is 2.44 bits per heavy atom. The van der Waals surface area contributed by atoms with Gasteiger partial charge in [-0.25, -0.2) is 0 Å². The van der Waals surface area contributed by atoms with Gasteiger partial charge < -0.3 is 5.73 Å². The van der Waals surface area contributed by atoms with Crippen LogP contribution in [0.3, 0.4) is 0 Å². The van der Waals surface area contributed by atoms with E-state index in [-0.39, 0.29) is 5.41 Å². The van der Waals surface area contributed by atoms with Crippen molar-refractivity contribution in [3.05, 3.63) is 33.3 Å². The molecule has 1 aromatic carbocycles. The fraction of sp³-hybridized carbons (Fsp3) is 0.571. The van der Waals surface area contributed by atoms with E-state index in [0.717, 1.165) is 6.54 Å². The molecule has 0 aliphatic heterocycles. The number of benzene rings is 1. The van der Waals surface area contributed by atoms with E-state index in [4.69, 9.17) is 5.73 Å². The first-order valence-corrected chi connectivity index (χ1v) is 6.86. The van der Waals surface area contributed by atoms with E-state index >= 15 is 0 Å². The van der Waals surface area contributed by atoms with Crippen LogP contribution < -0.4 is 5.73 Å². The van der Waals surface area contributed by atoms with Crippen molar-refractivity contribution < 1.29 is 0 Å². The number of hydrogen-bond acceptors (Lipinski definition) is 1. The number of aryl methyl sites for hydroxylation is 1. The van der Waals surface area contributed by atoms with Gasteiger partial charge in [-0.3, -0.25) is 0 Å². The van der Waals surface area contributed by atoms with Crippen molar-refractivity contribution in [2.24, 2.45) is 5.73 Å². The van der Waals surface area contributed by atoms with Crippen LogP contribution in [0.4, 0.5) is 0 Å². The zero-order valence-corrected chi connectivity index (χ0v) is 11.7. The monoisotopic (exact) mass is 281 g/mol. The lowest BCUT2D eigenvalue weighted by atomic mass is 9.76. The van der Waals surface area contributed by atoms with Crippen molar-refractivity contribution in [1.29, 1.82) is 0 Å². The summed E-state index contributed by atoms with van der Waals surface area (Å²) in [5.41, 5.74) is 10.6. The molecule has 2 N–H and O–H groups in total. The minimum absolute atomic E-state index is 0.231. The van der Waals surface area contributed by atoms with Crippen molar-refractivity contribution in [1.82, 2.24) is 0 Å². The molecule has 0 spiro atoms. The van der Waals surface area contributed by atoms with Crippen molar-refractivity contribution >= 4 is 15.9 Å². The maximum Gasteiger partial charge on any atom is 0.0216 e. The van der Waals surface area contributed by atoms with Gasteiger partial charge in [0.15, 0.2) is 0 Å². The van der Waals surface area contributed by atoms with Crippen LogP contribution in [-0.4, -0.2) is 6.54 Å².